The zero-order valence-electron chi connectivity index (χ0n) is 7.21. The van der Waals surface area contributed by atoms with Gasteiger partial charge in [-0.25, -0.2) is 0 Å². The van der Waals surface area contributed by atoms with E-state index in [0.29, 0.717) is 0 Å². The van der Waals surface area contributed by atoms with E-state index < -0.39 is 0 Å². The lowest BCUT2D eigenvalue weighted by Crippen LogP contribution is -2.35. The van der Waals surface area contributed by atoms with Gasteiger partial charge in [-0.15, -0.1) is 0 Å². The molecule has 2 N–H and O–H groups in total. The van der Waals surface area contributed by atoms with E-state index >= 15 is 0 Å². The quantitative estimate of drug-likeness (QED) is 0.641. The molecule has 1 atom stereocenters. The van der Waals surface area contributed by atoms with Gasteiger partial charge in [0.2, 0.25) is 0 Å². The van der Waals surface area contributed by atoms with E-state index in [-0.39, 0.29) is 5.54 Å². The molecule has 0 aliphatic carbocycles. The number of likely N-dealkylation sites (N-methyl/N-ethyl adjacent to an activating group) is 1. The van der Waals surface area contributed by atoms with Gasteiger partial charge in [0.1, 0.15) is 0 Å². The fourth-order valence-electron chi connectivity index (χ4n) is 1.52. The summed E-state index contributed by atoms with van der Waals surface area (Å²) in [7, 11) is 2.17. The van der Waals surface area contributed by atoms with Gasteiger partial charge in [0.05, 0.1) is 0 Å². The van der Waals surface area contributed by atoms with Crippen LogP contribution < -0.4 is 5.14 Å². The lowest BCUT2D eigenvalue weighted by molar-refractivity contribution is 0.252. The summed E-state index contributed by atoms with van der Waals surface area (Å²) in [6.07, 6.45) is 4.75. The Morgan fingerprint density at radius 1 is 1.64 bits per heavy atom. The van der Waals surface area contributed by atoms with E-state index in [9.17, 15) is 0 Å². The maximum Gasteiger partial charge on any atom is 0.0368 e. The lowest BCUT2D eigenvalue weighted by Gasteiger charge is -2.28. The molecule has 2 nitrogen and oxygen atoms in total. The Balaban J connectivity index is 2.57. The van der Waals surface area contributed by atoms with E-state index in [0.717, 1.165) is 0 Å². The molecule has 0 unspecified atom stereocenters. The van der Waals surface area contributed by atoms with Crippen LogP contribution in [0.2, 0.25) is 0 Å². The van der Waals surface area contributed by atoms with Gasteiger partial charge in [0.25, 0.3) is 0 Å². The number of hydrogen-bond donors (Lipinski definition) is 1. The van der Waals surface area contributed by atoms with Crippen LogP contribution in [0.3, 0.4) is 0 Å². The molecule has 1 aliphatic heterocycles. The highest BCUT2D eigenvalue weighted by atomic mass is 32.2. The summed E-state index contributed by atoms with van der Waals surface area (Å²) in [4.78, 5) is 2.37. The predicted octanol–water partition coefficient (Wildman–Crippen LogP) is 1.59. The Kier molecular flexibility index (Phi) is 2.98. The Bertz CT molecular complexity index is 158. The van der Waals surface area contributed by atoms with E-state index in [1.165, 1.54) is 31.3 Å². The molecule has 0 bridgehead atoms. The molecular formula is C8H16N2S. The number of rotatable bonds is 2. The first-order chi connectivity index (χ1) is 5.19. The molecule has 3 heteroatoms. The van der Waals surface area contributed by atoms with Gasteiger partial charge in [-0.2, -0.15) is 0 Å². The monoisotopic (exact) mass is 172 g/mol. The fourth-order valence-corrected chi connectivity index (χ4v) is 1.89. The first-order valence-corrected chi connectivity index (χ1v) is 4.88. The van der Waals surface area contributed by atoms with Crippen molar-refractivity contribution in [2.75, 3.05) is 13.6 Å². The summed E-state index contributed by atoms with van der Waals surface area (Å²) in [5, 5.41) is 7.30. The Labute approximate surface area is 73.0 Å². The molecule has 1 aliphatic rings. The van der Waals surface area contributed by atoms with Crippen LogP contribution in [0, 0.1) is 0 Å². The Morgan fingerprint density at radius 3 is 2.82 bits per heavy atom. The summed E-state index contributed by atoms with van der Waals surface area (Å²) in [6.45, 7) is 3.46. The number of nitrogens with zero attached hydrogens (tertiary/aromatic N) is 1. The number of hydrogen-bond acceptors (Lipinski definition) is 3. The van der Waals surface area contributed by atoms with Gasteiger partial charge < -0.3 is 0 Å². The minimum Gasteiger partial charge on any atom is -0.297 e. The third-order valence-electron chi connectivity index (χ3n) is 2.55. The molecule has 0 amide bonds. The van der Waals surface area contributed by atoms with E-state index in [4.69, 9.17) is 5.14 Å². The lowest BCUT2D eigenvalue weighted by atomic mass is 10.00. The van der Waals surface area contributed by atoms with Gasteiger partial charge >= 0.3 is 0 Å². The Morgan fingerprint density at radius 2 is 2.36 bits per heavy atom. The second kappa shape index (κ2) is 3.61. The maximum absolute atomic E-state index is 5.32. The van der Waals surface area contributed by atoms with Crippen molar-refractivity contribution >= 4 is 11.9 Å². The van der Waals surface area contributed by atoms with Crippen molar-refractivity contribution in [3.63, 3.8) is 0 Å². The molecule has 1 fully saturated rings. The molecule has 1 rings (SSSR count). The Hall–Kier alpha value is 0.01000. The minimum atomic E-state index is 0.256. The molecule has 64 valence electrons. The predicted molar refractivity (Wildman–Crippen MR) is 51.2 cm³/mol. The molecule has 11 heavy (non-hydrogen) atoms. The van der Waals surface area contributed by atoms with Gasteiger partial charge in [0, 0.05) is 5.54 Å². The fraction of sp³-hybridized carbons (Fsp3) is 0.750. The average molecular weight is 172 g/mol. The molecule has 0 aromatic rings. The van der Waals surface area contributed by atoms with Crippen LogP contribution in [0.15, 0.2) is 11.5 Å². The highest BCUT2D eigenvalue weighted by molar-refractivity contribution is 7.99. The van der Waals surface area contributed by atoms with Crippen LogP contribution in [0.5, 0.6) is 0 Å². The molecule has 0 spiro atoms. The van der Waals surface area contributed by atoms with E-state index in [1.807, 2.05) is 5.41 Å². The van der Waals surface area contributed by atoms with Crippen molar-refractivity contribution in [1.82, 2.24) is 4.90 Å². The second-order valence-electron chi connectivity index (χ2n) is 3.32. The van der Waals surface area contributed by atoms with Crippen LogP contribution in [0.1, 0.15) is 19.8 Å². The van der Waals surface area contributed by atoms with E-state index in [2.05, 4.69) is 24.9 Å². The second-order valence-corrected chi connectivity index (χ2v) is 3.87. The van der Waals surface area contributed by atoms with Gasteiger partial charge in [-0.1, -0.05) is 18.0 Å². The molecule has 0 saturated carbocycles. The molecule has 0 aromatic carbocycles. The first-order valence-electron chi connectivity index (χ1n) is 3.93. The van der Waals surface area contributed by atoms with Gasteiger partial charge in [-0.3, -0.25) is 10.0 Å². The van der Waals surface area contributed by atoms with Crippen molar-refractivity contribution in [2.24, 2.45) is 5.14 Å². The largest absolute Gasteiger partial charge is 0.297 e. The standard InChI is InChI=1S/C8H16N2S/c1-8(5-7-11-9)4-3-6-10(8)2/h5,7H,3-4,6,9H2,1-2H3/b7-5+/t8-/m0/s1. The normalized spacial score (nSPS) is 33.7. The summed E-state index contributed by atoms with van der Waals surface area (Å²) >= 11 is 1.28. The van der Waals surface area contributed by atoms with Crippen LogP contribution in [-0.4, -0.2) is 24.0 Å². The van der Waals surface area contributed by atoms with Crippen LogP contribution in [-0.2, 0) is 0 Å². The third kappa shape index (κ3) is 1.98. The first kappa shape index (κ1) is 9.10. The van der Waals surface area contributed by atoms with Crippen molar-refractivity contribution < 1.29 is 0 Å². The molecule has 1 saturated heterocycles. The minimum absolute atomic E-state index is 0.256. The summed E-state index contributed by atoms with van der Waals surface area (Å²) < 4.78 is 0. The van der Waals surface area contributed by atoms with E-state index in [1.54, 1.807) is 0 Å². The van der Waals surface area contributed by atoms with Gasteiger partial charge in [-0.05, 0) is 38.8 Å². The number of likely N-dealkylation sites (tertiary alicyclic amines) is 1. The summed E-state index contributed by atoms with van der Waals surface area (Å²) in [6, 6.07) is 0. The average Bonchev–Trinajstić information content (AvgIpc) is 2.30. The highest BCUT2D eigenvalue weighted by Gasteiger charge is 2.30. The molecular weight excluding hydrogens is 156 g/mol. The zero-order chi connectivity index (χ0) is 8.32. The van der Waals surface area contributed by atoms with Crippen molar-refractivity contribution in [1.29, 1.82) is 0 Å². The van der Waals surface area contributed by atoms with Crippen molar-refractivity contribution in [2.45, 2.75) is 25.3 Å². The van der Waals surface area contributed by atoms with Crippen LogP contribution in [0.25, 0.3) is 0 Å². The smallest absolute Gasteiger partial charge is 0.0368 e. The van der Waals surface area contributed by atoms with Crippen LogP contribution >= 0.6 is 11.9 Å². The maximum atomic E-state index is 5.32. The van der Waals surface area contributed by atoms with Crippen LogP contribution in [0.4, 0.5) is 0 Å². The molecule has 0 radical (unpaired) electrons. The third-order valence-corrected chi connectivity index (χ3v) is 2.85. The van der Waals surface area contributed by atoms with Gasteiger partial charge in [0.15, 0.2) is 0 Å². The molecule has 1 heterocycles. The van der Waals surface area contributed by atoms with Crippen molar-refractivity contribution in [3.05, 3.63) is 11.5 Å². The SMILES string of the molecule is CN1CCC[C@@]1(C)/C=C/SN. The highest BCUT2D eigenvalue weighted by Crippen LogP contribution is 2.28. The van der Waals surface area contributed by atoms with Crippen molar-refractivity contribution in [3.8, 4) is 0 Å². The topological polar surface area (TPSA) is 29.3 Å². The zero-order valence-corrected chi connectivity index (χ0v) is 8.03. The summed E-state index contributed by atoms with van der Waals surface area (Å²) in [5.74, 6) is 0. The molecule has 0 aromatic heterocycles. The summed E-state index contributed by atoms with van der Waals surface area (Å²) in [5.41, 5.74) is 0.256. The number of nitrogens with two attached hydrogens (primary N) is 1.